The van der Waals surface area contributed by atoms with Crippen LogP contribution >= 0.6 is 0 Å². The summed E-state index contributed by atoms with van der Waals surface area (Å²) in [6.07, 6.45) is -3.49. The molecule has 0 bridgehead atoms. The summed E-state index contributed by atoms with van der Waals surface area (Å²) in [5.74, 6) is -3.48. The molecule has 0 heterocycles. The van der Waals surface area contributed by atoms with Crippen LogP contribution in [0.5, 0.6) is 0 Å². The summed E-state index contributed by atoms with van der Waals surface area (Å²) in [7, 11) is 0. The first-order valence-electron chi connectivity index (χ1n) is 3.12. The van der Waals surface area contributed by atoms with Crippen molar-refractivity contribution in [3.05, 3.63) is 0 Å². The van der Waals surface area contributed by atoms with E-state index in [2.05, 4.69) is 0 Å². The molecule has 62 valence electrons. The highest BCUT2D eigenvalue weighted by Crippen LogP contribution is 2.27. The summed E-state index contributed by atoms with van der Waals surface area (Å²) < 4.78 is 47.9. The molecule has 0 rings (SSSR count). The van der Waals surface area contributed by atoms with Crippen LogP contribution in [0.25, 0.3) is 0 Å². The molecule has 0 fully saturated rings. The topological polar surface area (TPSA) is 0 Å². The molecule has 0 N–H and O–H groups in total. The third-order valence-electron chi connectivity index (χ3n) is 1.24. The van der Waals surface area contributed by atoms with Crippen LogP contribution in [0.3, 0.4) is 0 Å². The van der Waals surface area contributed by atoms with Crippen molar-refractivity contribution in [2.24, 2.45) is 0 Å². The minimum Gasteiger partial charge on any atom is -0.251 e. The lowest BCUT2D eigenvalue weighted by molar-refractivity contribution is -0.0825. The van der Waals surface area contributed by atoms with Crippen molar-refractivity contribution in [3.8, 4) is 0 Å². The van der Waals surface area contributed by atoms with Gasteiger partial charge < -0.3 is 0 Å². The van der Waals surface area contributed by atoms with Gasteiger partial charge in [0.2, 0.25) is 0 Å². The highest BCUT2D eigenvalue weighted by molar-refractivity contribution is 4.74. The lowest BCUT2D eigenvalue weighted by atomic mass is 10.1. The quantitative estimate of drug-likeness (QED) is 0.552. The summed E-state index contributed by atoms with van der Waals surface area (Å²) in [4.78, 5) is 0. The molecule has 0 saturated carbocycles. The fourth-order valence-electron chi connectivity index (χ4n) is 0.581. The molecule has 0 amide bonds. The first kappa shape index (κ1) is 9.72. The maximum Gasteiger partial charge on any atom is 0.281 e. The van der Waals surface area contributed by atoms with Crippen molar-refractivity contribution in [3.63, 3.8) is 0 Å². The van der Waals surface area contributed by atoms with Gasteiger partial charge in [-0.25, -0.2) is 13.2 Å². The van der Waals surface area contributed by atoms with Crippen molar-refractivity contribution >= 4 is 0 Å². The van der Waals surface area contributed by atoms with Crippen LogP contribution < -0.4 is 0 Å². The molecule has 0 saturated heterocycles. The molecule has 0 aromatic carbocycles. The van der Waals surface area contributed by atoms with Gasteiger partial charge in [-0.15, -0.1) is 0 Å². The Labute approximate surface area is 57.2 Å². The summed E-state index contributed by atoms with van der Waals surface area (Å²) in [5, 5.41) is 0. The monoisotopic (exact) mass is 158 g/mol. The molecular formula is C6H10F4. The molecule has 1 atom stereocenters. The standard InChI is InChI=1S/C6H10F4/c1-2-5(8)6(9,10)3-4-7/h5H,2-4H2,1H3/t5-/m0/s1. The molecule has 0 nitrogen and oxygen atoms in total. The zero-order valence-electron chi connectivity index (χ0n) is 5.71. The second-order valence-electron chi connectivity index (χ2n) is 2.08. The molecule has 10 heavy (non-hydrogen) atoms. The molecule has 0 aliphatic carbocycles. The molecular weight excluding hydrogens is 148 g/mol. The average Bonchev–Trinajstić information content (AvgIpc) is 1.86. The van der Waals surface area contributed by atoms with E-state index >= 15 is 0 Å². The maximum absolute atomic E-state index is 12.2. The minimum absolute atomic E-state index is 0.271. The SMILES string of the molecule is CC[C@H](F)C(F)(F)CCF. The van der Waals surface area contributed by atoms with Crippen molar-refractivity contribution in [2.75, 3.05) is 6.67 Å². The molecule has 4 heteroatoms. The fraction of sp³-hybridized carbons (Fsp3) is 1.00. The van der Waals surface area contributed by atoms with E-state index in [1.807, 2.05) is 0 Å². The van der Waals surface area contributed by atoms with Gasteiger partial charge in [-0.05, 0) is 6.42 Å². The van der Waals surface area contributed by atoms with Gasteiger partial charge in [-0.3, -0.25) is 4.39 Å². The van der Waals surface area contributed by atoms with Crippen LogP contribution in [0.4, 0.5) is 17.6 Å². The lowest BCUT2D eigenvalue weighted by Gasteiger charge is -2.17. The summed E-state index contributed by atoms with van der Waals surface area (Å²) in [6, 6.07) is 0. The number of hydrogen-bond acceptors (Lipinski definition) is 0. The van der Waals surface area contributed by atoms with E-state index in [1.54, 1.807) is 0 Å². The van der Waals surface area contributed by atoms with Crippen LogP contribution in [0.15, 0.2) is 0 Å². The molecule has 0 aromatic heterocycles. The zero-order chi connectivity index (χ0) is 8.20. The third-order valence-corrected chi connectivity index (χ3v) is 1.24. The molecule has 0 aliphatic rings. The molecule has 0 aliphatic heterocycles. The maximum atomic E-state index is 12.2. The fourth-order valence-corrected chi connectivity index (χ4v) is 0.581. The summed E-state index contributed by atoms with van der Waals surface area (Å²) in [5.41, 5.74) is 0. The predicted molar refractivity (Wildman–Crippen MR) is 30.7 cm³/mol. The van der Waals surface area contributed by atoms with Gasteiger partial charge in [-0.2, -0.15) is 0 Å². The first-order chi connectivity index (χ1) is 4.54. The van der Waals surface area contributed by atoms with Gasteiger partial charge in [0.15, 0.2) is 6.17 Å². The second-order valence-corrected chi connectivity index (χ2v) is 2.08. The Bertz CT molecular complexity index is 91.7. The Balaban J connectivity index is 3.82. The molecule has 0 radical (unpaired) electrons. The molecule has 0 unspecified atom stereocenters. The lowest BCUT2D eigenvalue weighted by Crippen LogP contribution is -2.29. The van der Waals surface area contributed by atoms with Crippen LogP contribution in [0.1, 0.15) is 19.8 Å². The van der Waals surface area contributed by atoms with Crippen molar-refractivity contribution < 1.29 is 17.6 Å². The number of hydrogen-bond donors (Lipinski definition) is 0. The van der Waals surface area contributed by atoms with E-state index in [1.165, 1.54) is 6.92 Å². The Hall–Kier alpha value is -0.280. The van der Waals surface area contributed by atoms with Gasteiger partial charge >= 0.3 is 0 Å². The Morgan fingerprint density at radius 1 is 1.40 bits per heavy atom. The van der Waals surface area contributed by atoms with Gasteiger partial charge in [-0.1, -0.05) is 6.92 Å². The molecule has 0 spiro atoms. The van der Waals surface area contributed by atoms with E-state index in [0.29, 0.717) is 0 Å². The van der Waals surface area contributed by atoms with E-state index in [9.17, 15) is 17.6 Å². The average molecular weight is 158 g/mol. The smallest absolute Gasteiger partial charge is 0.251 e. The normalized spacial score (nSPS) is 15.3. The van der Waals surface area contributed by atoms with E-state index in [0.717, 1.165) is 0 Å². The van der Waals surface area contributed by atoms with E-state index in [-0.39, 0.29) is 6.42 Å². The van der Waals surface area contributed by atoms with Crippen LogP contribution in [-0.2, 0) is 0 Å². The highest BCUT2D eigenvalue weighted by atomic mass is 19.3. The number of rotatable bonds is 4. The van der Waals surface area contributed by atoms with Crippen molar-refractivity contribution in [1.82, 2.24) is 0 Å². The van der Waals surface area contributed by atoms with Gasteiger partial charge in [0.1, 0.15) is 0 Å². The van der Waals surface area contributed by atoms with Crippen molar-refractivity contribution in [1.29, 1.82) is 0 Å². The first-order valence-corrected chi connectivity index (χ1v) is 3.12. The van der Waals surface area contributed by atoms with Crippen molar-refractivity contribution in [2.45, 2.75) is 31.9 Å². The second kappa shape index (κ2) is 3.78. The van der Waals surface area contributed by atoms with Crippen LogP contribution in [0, 0.1) is 0 Å². The zero-order valence-corrected chi connectivity index (χ0v) is 5.71. The number of halogens is 4. The summed E-state index contributed by atoms with van der Waals surface area (Å²) in [6.45, 7) is 0.129. The van der Waals surface area contributed by atoms with E-state index in [4.69, 9.17) is 0 Å². The molecule has 0 aromatic rings. The van der Waals surface area contributed by atoms with Gasteiger partial charge in [0.05, 0.1) is 6.67 Å². The number of alkyl halides is 4. The van der Waals surface area contributed by atoms with Gasteiger partial charge in [0.25, 0.3) is 5.92 Å². The minimum atomic E-state index is -3.48. The van der Waals surface area contributed by atoms with Gasteiger partial charge in [0, 0.05) is 6.42 Å². The summed E-state index contributed by atoms with van der Waals surface area (Å²) >= 11 is 0. The Morgan fingerprint density at radius 2 is 1.90 bits per heavy atom. The van der Waals surface area contributed by atoms with E-state index < -0.39 is 25.2 Å². The Kier molecular flexibility index (Phi) is 3.68. The largest absolute Gasteiger partial charge is 0.281 e. The highest BCUT2D eigenvalue weighted by Gasteiger charge is 2.38. The van der Waals surface area contributed by atoms with Crippen LogP contribution in [-0.4, -0.2) is 18.8 Å². The Morgan fingerprint density at radius 3 is 2.20 bits per heavy atom. The van der Waals surface area contributed by atoms with Crippen LogP contribution in [0.2, 0.25) is 0 Å². The third kappa shape index (κ3) is 2.54. The predicted octanol–water partition coefficient (Wildman–Crippen LogP) is 2.73.